The first-order chi connectivity index (χ1) is 14.1. The maximum Gasteiger partial charge on any atom is 0.265 e. The summed E-state index contributed by atoms with van der Waals surface area (Å²) in [5, 5.41) is 8.60. The fourth-order valence-corrected chi connectivity index (χ4v) is 5.62. The van der Waals surface area contributed by atoms with Crippen LogP contribution in [0.1, 0.15) is 24.3 Å². The predicted molar refractivity (Wildman–Crippen MR) is 119 cm³/mol. The van der Waals surface area contributed by atoms with Crippen LogP contribution in [0.3, 0.4) is 0 Å². The highest BCUT2D eigenvalue weighted by Gasteiger charge is 2.30. The minimum absolute atomic E-state index is 0.0786. The molecule has 1 amide bonds. The van der Waals surface area contributed by atoms with Gasteiger partial charge in [0.25, 0.3) is 5.91 Å². The third kappa shape index (κ3) is 5.09. The van der Waals surface area contributed by atoms with Gasteiger partial charge in [0, 0.05) is 46.0 Å². The molecule has 0 radical (unpaired) electrons. The molecule has 3 heterocycles. The number of rotatable bonds is 8. The fourth-order valence-electron chi connectivity index (χ4n) is 3.13. The average Bonchev–Trinajstić information content (AvgIpc) is 3.24. The van der Waals surface area contributed by atoms with Crippen LogP contribution in [-0.2, 0) is 23.7 Å². The van der Waals surface area contributed by atoms with Gasteiger partial charge in [-0.2, -0.15) is 4.31 Å². The molecule has 10 nitrogen and oxygen atoms in total. The largest absolute Gasteiger partial charge is 0.364 e. The van der Waals surface area contributed by atoms with Gasteiger partial charge in [-0.25, -0.2) is 13.1 Å². The molecule has 0 saturated carbocycles. The van der Waals surface area contributed by atoms with Crippen LogP contribution in [-0.4, -0.2) is 70.6 Å². The van der Waals surface area contributed by atoms with Crippen molar-refractivity contribution in [3.05, 3.63) is 21.9 Å². The highest BCUT2D eigenvalue weighted by Crippen LogP contribution is 2.21. The normalized spacial score (nSPS) is 16.3. The Morgan fingerprint density at radius 2 is 2.00 bits per heavy atom. The van der Waals surface area contributed by atoms with Crippen LogP contribution in [0.15, 0.2) is 17.2 Å². The van der Waals surface area contributed by atoms with Crippen LogP contribution in [0.25, 0.3) is 0 Å². The van der Waals surface area contributed by atoms with Crippen molar-refractivity contribution < 1.29 is 13.2 Å². The lowest BCUT2D eigenvalue weighted by molar-refractivity contribution is 0.0992. The minimum Gasteiger partial charge on any atom is -0.364 e. The average molecular weight is 474 g/mol. The van der Waals surface area contributed by atoms with Crippen LogP contribution in [0.5, 0.6) is 0 Å². The number of carbonyl (C=O) groups is 1. The Morgan fingerprint density at radius 1 is 1.33 bits per heavy atom. The van der Waals surface area contributed by atoms with Crippen LogP contribution in [0, 0.1) is 9.87 Å². The number of aromatic nitrogens is 3. The number of amides is 1. The zero-order valence-corrected chi connectivity index (χ0v) is 19.7. The van der Waals surface area contributed by atoms with Gasteiger partial charge in [-0.05, 0) is 24.2 Å². The summed E-state index contributed by atoms with van der Waals surface area (Å²) < 4.78 is 31.2. The second-order valence-corrected chi connectivity index (χ2v) is 11.2. The number of anilines is 1. The highest BCUT2D eigenvalue weighted by molar-refractivity contribution is 7.89. The van der Waals surface area contributed by atoms with E-state index in [2.05, 4.69) is 29.2 Å². The van der Waals surface area contributed by atoms with Crippen molar-refractivity contribution in [1.29, 1.82) is 0 Å². The van der Waals surface area contributed by atoms with Gasteiger partial charge in [0.2, 0.25) is 15.2 Å². The maximum absolute atomic E-state index is 12.9. The smallest absolute Gasteiger partial charge is 0.265 e. The Hall–Kier alpha value is -1.80. The van der Waals surface area contributed by atoms with E-state index in [9.17, 15) is 13.2 Å². The van der Waals surface area contributed by atoms with E-state index in [0.29, 0.717) is 42.7 Å². The van der Waals surface area contributed by atoms with Gasteiger partial charge in [-0.3, -0.25) is 9.69 Å². The molecule has 0 aliphatic carbocycles. The molecule has 1 saturated heterocycles. The van der Waals surface area contributed by atoms with Crippen molar-refractivity contribution in [2.24, 2.45) is 18.7 Å². The van der Waals surface area contributed by atoms with Gasteiger partial charge in [0.05, 0.1) is 6.67 Å². The maximum atomic E-state index is 12.9. The van der Waals surface area contributed by atoms with Gasteiger partial charge < -0.3 is 15.6 Å². The van der Waals surface area contributed by atoms with Gasteiger partial charge >= 0.3 is 0 Å². The monoisotopic (exact) mass is 473 g/mol. The summed E-state index contributed by atoms with van der Waals surface area (Å²) in [6, 6.07) is 1.32. The van der Waals surface area contributed by atoms with E-state index in [4.69, 9.17) is 18.0 Å². The molecule has 13 heteroatoms. The first kappa shape index (κ1) is 22.9. The topological polar surface area (TPSA) is 118 Å². The molecule has 0 aromatic carbocycles. The molecule has 2 aromatic rings. The molecular formula is C17H27N7O3S3. The third-order valence-electron chi connectivity index (χ3n) is 4.80. The van der Waals surface area contributed by atoms with Crippen molar-refractivity contribution in [3.63, 3.8) is 0 Å². The Labute approximate surface area is 185 Å². The third-order valence-corrected chi connectivity index (χ3v) is 7.93. The van der Waals surface area contributed by atoms with Crippen molar-refractivity contribution in [3.8, 4) is 0 Å². The predicted octanol–water partition coefficient (Wildman–Crippen LogP) is 1.14. The number of nitrogens with two attached hydrogens (primary N) is 1. The lowest BCUT2D eigenvalue weighted by Gasteiger charge is -2.33. The summed E-state index contributed by atoms with van der Waals surface area (Å²) in [6.07, 6.45) is 1.42. The Kier molecular flexibility index (Phi) is 6.97. The molecule has 1 aliphatic rings. The number of aryl methyl sites for hydroxylation is 1. The molecular weight excluding hydrogens is 446 g/mol. The van der Waals surface area contributed by atoms with Crippen LogP contribution in [0.2, 0.25) is 0 Å². The van der Waals surface area contributed by atoms with Crippen molar-refractivity contribution >= 4 is 44.6 Å². The standard InChI is InChI=1S/C17H27N7O3S3/c1-12(2)9-19-16-20-24(17(28)29-16)11-22-4-6-23(7-5-22)30(26,27)13-8-14(15(18)25)21(3)10-13/h8,10,12H,4-7,9,11H2,1-3H3,(H2,18,25)(H,19,20). The van der Waals surface area contributed by atoms with E-state index in [1.165, 1.54) is 32.5 Å². The summed E-state index contributed by atoms with van der Waals surface area (Å²) in [5.74, 6) is -0.152. The lowest BCUT2D eigenvalue weighted by Crippen LogP contribution is -2.48. The number of sulfonamides is 1. The number of primary amides is 1. The summed E-state index contributed by atoms with van der Waals surface area (Å²) in [6.45, 7) is 7.41. The van der Waals surface area contributed by atoms with Crippen LogP contribution in [0.4, 0.5) is 5.13 Å². The summed E-state index contributed by atoms with van der Waals surface area (Å²) in [5.41, 5.74) is 5.45. The fraction of sp³-hybridized carbons (Fsp3) is 0.588. The SMILES string of the molecule is CC(C)CNc1nn(CN2CCN(S(=O)(=O)c3cc(C(N)=O)n(C)c3)CC2)c(=S)s1. The molecule has 1 aliphatic heterocycles. The van der Waals surface area contributed by atoms with Crippen LogP contribution >= 0.6 is 23.6 Å². The molecule has 3 rings (SSSR count). The van der Waals surface area contributed by atoms with Crippen LogP contribution < -0.4 is 11.1 Å². The quantitative estimate of drug-likeness (QED) is 0.552. The lowest BCUT2D eigenvalue weighted by atomic mass is 10.2. The molecule has 0 spiro atoms. The molecule has 30 heavy (non-hydrogen) atoms. The van der Waals surface area contributed by atoms with E-state index in [1.54, 1.807) is 11.7 Å². The number of piperazine rings is 1. The van der Waals surface area contributed by atoms with E-state index in [1.807, 2.05) is 0 Å². The molecule has 3 N–H and O–H groups in total. The van der Waals surface area contributed by atoms with Gasteiger partial charge in [0.15, 0.2) is 3.95 Å². The molecule has 0 bridgehead atoms. The van der Waals surface area contributed by atoms with E-state index >= 15 is 0 Å². The first-order valence-corrected chi connectivity index (χ1v) is 12.2. The van der Waals surface area contributed by atoms with E-state index in [-0.39, 0.29) is 10.6 Å². The Bertz CT molecular complexity index is 1060. The molecule has 0 atom stereocenters. The molecule has 0 unspecified atom stereocenters. The zero-order valence-electron chi connectivity index (χ0n) is 17.2. The van der Waals surface area contributed by atoms with E-state index < -0.39 is 15.9 Å². The summed E-state index contributed by atoms with van der Waals surface area (Å²) in [4.78, 5) is 13.6. The minimum atomic E-state index is -3.69. The second-order valence-electron chi connectivity index (χ2n) is 7.65. The van der Waals surface area contributed by atoms with Gasteiger partial charge in [-0.15, -0.1) is 5.10 Å². The molecule has 1 fully saturated rings. The summed E-state index contributed by atoms with van der Waals surface area (Å²) in [7, 11) is -2.09. The Balaban J connectivity index is 1.61. The van der Waals surface area contributed by atoms with Gasteiger partial charge in [-0.1, -0.05) is 25.2 Å². The van der Waals surface area contributed by atoms with E-state index in [0.717, 1.165) is 11.7 Å². The number of nitrogens with one attached hydrogen (secondary N) is 1. The van der Waals surface area contributed by atoms with Gasteiger partial charge in [0.1, 0.15) is 10.6 Å². The zero-order chi connectivity index (χ0) is 22.1. The number of hydrogen-bond donors (Lipinski definition) is 2. The van der Waals surface area contributed by atoms with Crippen molar-refractivity contribution in [1.82, 2.24) is 23.6 Å². The van der Waals surface area contributed by atoms with Crippen molar-refractivity contribution in [2.75, 3.05) is 38.0 Å². The number of nitrogens with zero attached hydrogens (tertiary/aromatic N) is 5. The molecule has 166 valence electrons. The first-order valence-electron chi connectivity index (χ1n) is 9.58. The number of hydrogen-bond acceptors (Lipinski definition) is 8. The van der Waals surface area contributed by atoms with Crippen molar-refractivity contribution in [2.45, 2.75) is 25.4 Å². The number of carbonyl (C=O) groups excluding carboxylic acids is 1. The highest BCUT2D eigenvalue weighted by atomic mass is 32.2. The second kappa shape index (κ2) is 9.14. The Morgan fingerprint density at radius 3 is 2.57 bits per heavy atom. The molecule has 2 aromatic heterocycles. The summed E-state index contributed by atoms with van der Waals surface area (Å²) >= 11 is 6.84.